The second-order valence-electron chi connectivity index (χ2n) is 6.27. The van der Waals surface area contributed by atoms with Crippen molar-refractivity contribution in [3.05, 3.63) is 29.8 Å². The zero-order chi connectivity index (χ0) is 16.8. The first kappa shape index (κ1) is 17.6. The molecular formula is C18H26N2O3S. The number of nitrogens with one attached hydrogen (secondary N) is 1. The summed E-state index contributed by atoms with van der Waals surface area (Å²) in [6.45, 7) is 6.72. The number of rotatable bonds is 6. The van der Waals surface area contributed by atoms with Crippen LogP contribution in [0.4, 0.5) is 0 Å². The van der Waals surface area contributed by atoms with E-state index < -0.39 is 0 Å². The van der Waals surface area contributed by atoms with Crippen LogP contribution >= 0.6 is 11.8 Å². The maximum Gasteiger partial charge on any atom is 0.251 e. The normalized spacial score (nSPS) is 24.7. The Morgan fingerprint density at radius 1 is 1.42 bits per heavy atom. The van der Waals surface area contributed by atoms with Gasteiger partial charge in [-0.05, 0) is 37.3 Å². The van der Waals surface area contributed by atoms with Crippen molar-refractivity contribution >= 4 is 17.7 Å². The summed E-state index contributed by atoms with van der Waals surface area (Å²) in [6.07, 6.45) is 1.12. The minimum absolute atomic E-state index is 0.0268. The molecule has 0 aromatic heterocycles. The smallest absolute Gasteiger partial charge is 0.251 e. The third kappa shape index (κ3) is 4.05. The first-order valence-electron chi connectivity index (χ1n) is 8.65. The van der Waals surface area contributed by atoms with Crippen molar-refractivity contribution in [2.45, 2.75) is 18.9 Å². The number of thioether (sulfide) groups is 1. The average Bonchev–Trinajstić information content (AvgIpc) is 3.11. The van der Waals surface area contributed by atoms with Crippen LogP contribution in [0, 0.1) is 0 Å². The van der Waals surface area contributed by atoms with Gasteiger partial charge >= 0.3 is 0 Å². The summed E-state index contributed by atoms with van der Waals surface area (Å²) in [5.74, 6) is 2.95. The molecule has 3 rings (SSSR count). The molecule has 1 unspecified atom stereocenters. The highest BCUT2D eigenvalue weighted by molar-refractivity contribution is 7.99. The van der Waals surface area contributed by atoms with Crippen molar-refractivity contribution in [1.82, 2.24) is 10.2 Å². The van der Waals surface area contributed by atoms with Crippen LogP contribution in [0.5, 0.6) is 5.75 Å². The molecule has 1 amide bonds. The van der Waals surface area contributed by atoms with Crippen molar-refractivity contribution in [1.29, 1.82) is 0 Å². The molecule has 6 heteroatoms. The van der Waals surface area contributed by atoms with Gasteiger partial charge in [-0.3, -0.25) is 9.69 Å². The summed E-state index contributed by atoms with van der Waals surface area (Å²) >= 11 is 1.98. The van der Waals surface area contributed by atoms with E-state index in [2.05, 4.69) is 10.2 Å². The number of hydrogen-bond acceptors (Lipinski definition) is 5. The summed E-state index contributed by atoms with van der Waals surface area (Å²) in [4.78, 5) is 15.1. The molecule has 2 heterocycles. The highest BCUT2D eigenvalue weighted by Gasteiger charge is 2.40. The molecule has 2 fully saturated rings. The molecule has 2 aliphatic rings. The van der Waals surface area contributed by atoms with Gasteiger partial charge in [0.15, 0.2) is 0 Å². The summed E-state index contributed by atoms with van der Waals surface area (Å²) < 4.78 is 11.0. The zero-order valence-corrected chi connectivity index (χ0v) is 15.1. The van der Waals surface area contributed by atoms with Crippen LogP contribution in [0.15, 0.2) is 24.3 Å². The molecule has 1 aromatic rings. The fraction of sp³-hybridized carbons (Fsp3) is 0.611. The van der Waals surface area contributed by atoms with Crippen LogP contribution < -0.4 is 10.1 Å². The quantitative estimate of drug-likeness (QED) is 0.851. The van der Waals surface area contributed by atoms with Gasteiger partial charge in [-0.15, -0.1) is 0 Å². The highest BCUT2D eigenvalue weighted by Crippen LogP contribution is 2.33. The molecule has 0 aliphatic carbocycles. The summed E-state index contributed by atoms with van der Waals surface area (Å²) in [5, 5.41) is 3.16. The summed E-state index contributed by atoms with van der Waals surface area (Å²) in [7, 11) is 0. The lowest BCUT2D eigenvalue weighted by Crippen LogP contribution is -2.59. The van der Waals surface area contributed by atoms with Crippen LogP contribution in [0.1, 0.15) is 23.7 Å². The topological polar surface area (TPSA) is 50.8 Å². The third-order valence-electron chi connectivity index (χ3n) is 4.75. The largest absolute Gasteiger partial charge is 0.494 e. The lowest BCUT2D eigenvalue weighted by atomic mass is 9.95. The second kappa shape index (κ2) is 8.23. The number of nitrogens with zero attached hydrogens (tertiary/aromatic N) is 1. The molecule has 2 saturated heterocycles. The van der Waals surface area contributed by atoms with Crippen molar-refractivity contribution in [2.75, 3.05) is 51.0 Å². The molecule has 0 bridgehead atoms. The van der Waals surface area contributed by atoms with Gasteiger partial charge in [-0.25, -0.2) is 0 Å². The van der Waals surface area contributed by atoms with E-state index in [1.54, 1.807) is 0 Å². The number of hydrogen-bond donors (Lipinski definition) is 1. The number of amides is 1. The lowest BCUT2D eigenvalue weighted by molar-refractivity contribution is -0.0129. The van der Waals surface area contributed by atoms with Crippen LogP contribution in [0.2, 0.25) is 0 Å². The van der Waals surface area contributed by atoms with Gasteiger partial charge in [0.25, 0.3) is 5.91 Å². The van der Waals surface area contributed by atoms with Crippen LogP contribution in [0.25, 0.3) is 0 Å². The molecule has 5 nitrogen and oxygen atoms in total. The monoisotopic (exact) mass is 350 g/mol. The van der Waals surface area contributed by atoms with Gasteiger partial charge in [0, 0.05) is 36.5 Å². The fourth-order valence-corrected chi connectivity index (χ4v) is 4.85. The maximum absolute atomic E-state index is 12.6. The first-order valence-corrected chi connectivity index (χ1v) is 9.81. The number of carbonyl (C=O) groups excluding carboxylic acids is 1. The molecule has 0 radical (unpaired) electrons. The number of benzene rings is 1. The Bertz CT molecular complexity index is 555. The Morgan fingerprint density at radius 2 is 2.25 bits per heavy atom. The Kier molecular flexibility index (Phi) is 6.03. The molecule has 0 saturated carbocycles. The summed E-state index contributed by atoms with van der Waals surface area (Å²) in [5.41, 5.74) is 0.727. The van der Waals surface area contributed by atoms with E-state index in [0.717, 1.165) is 50.0 Å². The van der Waals surface area contributed by atoms with Gasteiger partial charge in [0.2, 0.25) is 0 Å². The van der Waals surface area contributed by atoms with E-state index in [9.17, 15) is 4.79 Å². The molecule has 1 N–H and O–H groups in total. The van der Waals surface area contributed by atoms with Gasteiger partial charge in [0.1, 0.15) is 5.75 Å². The van der Waals surface area contributed by atoms with Gasteiger partial charge in [0.05, 0.1) is 19.8 Å². The predicted octanol–water partition coefficient (Wildman–Crippen LogP) is 2.02. The van der Waals surface area contributed by atoms with Crippen LogP contribution in [0.3, 0.4) is 0 Å². The molecule has 1 atom stereocenters. The molecular weight excluding hydrogens is 324 g/mol. The Hall–Kier alpha value is -1.24. The highest BCUT2D eigenvalue weighted by atomic mass is 32.2. The molecule has 132 valence electrons. The van der Waals surface area contributed by atoms with Crippen molar-refractivity contribution in [3.8, 4) is 5.75 Å². The van der Waals surface area contributed by atoms with E-state index in [0.29, 0.717) is 18.7 Å². The average molecular weight is 350 g/mol. The third-order valence-corrected chi connectivity index (χ3v) is 5.98. The molecule has 24 heavy (non-hydrogen) atoms. The SMILES string of the molecule is CCOc1cccc(C(=O)NCC2(N3CCOCC3)CCSC2)c1. The minimum atomic E-state index is -0.0268. The summed E-state index contributed by atoms with van der Waals surface area (Å²) in [6, 6.07) is 7.39. The zero-order valence-electron chi connectivity index (χ0n) is 14.3. The predicted molar refractivity (Wildman–Crippen MR) is 97.0 cm³/mol. The van der Waals surface area contributed by atoms with E-state index >= 15 is 0 Å². The van der Waals surface area contributed by atoms with Crippen molar-refractivity contribution < 1.29 is 14.3 Å². The van der Waals surface area contributed by atoms with E-state index in [4.69, 9.17) is 9.47 Å². The fourth-order valence-electron chi connectivity index (χ4n) is 3.38. The minimum Gasteiger partial charge on any atom is -0.494 e. The lowest BCUT2D eigenvalue weighted by Gasteiger charge is -2.43. The number of morpholine rings is 1. The Labute approximate surface area is 148 Å². The van der Waals surface area contributed by atoms with Gasteiger partial charge in [-0.2, -0.15) is 11.8 Å². The van der Waals surface area contributed by atoms with Gasteiger partial charge in [-0.1, -0.05) is 6.07 Å². The Morgan fingerprint density at radius 3 is 2.96 bits per heavy atom. The van der Waals surface area contributed by atoms with Gasteiger partial charge < -0.3 is 14.8 Å². The maximum atomic E-state index is 12.6. The number of carbonyl (C=O) groups is 1. The standard InChI is InChI=1S/C18H26N2O3S/c1-2-23-16-5-3-4-15(12-16)17(21)19-13-18(6-11-24-14-18)20-7-9-22-10-8-20/h3-5,12H,2,6-11,13-14H2,1H3,(H,19,21). The Balaban J connectivity index is 1.64. The van der Waals surface area contributed by atoms with E-state index in [1.165, 1.54) is 0 Å². The molecule has 2 aliphatic heterocycles. The van der Waals surface area contributed by atoms with E-state index in [-0.39, 0.29) is 11.4 Å². The second-order valence-corrected chi connectivity index (χ2v) is 7.38. The molecule has 0 spiro atoms. The molecule has 1 aromatic carbocycles. The van der Waals surface area contributed by atoms with Crippen molar-refractivity contribution in [3.63, 3.8) is 0 Å². The van der Waals surface area contributed by atoms with Crippen LogP contribution in [-0.2, 0) is 4.74 Å². The first-order chi connectivity index (χ1) is 11.7. The van der Waals surface area contributed by atoms with Crippen LogP contribution in [-0.4, -0.2) is 67.3 Å². The number of ether oxygens (including phenoxy) is 2. The van der Waals surface area contributed by atoms with Crippen molar-refractivity contribution in [2.24, 2.45) is 0 Å². The van der Waals surface area contributed by atoms with E-state index in [1.807, 2.05) is 43.0 Å².